The number of carbonyl (C=O) groups excluding carboxylic acids is 6. The van der Waals surface area contributed by atoms with Crippen molar-refractivity contribution in [1.29, 1.82) is 0 Å². The van der Waals surface area contributed by atoms with E-state index in [1.807, 2.05) is 0 Å². The average molecular weight is 1760 g/mol. The second-order valence-electron chi connectivity index (χ2n) is 35.7. The van der Waals surface area contributed by atoms with Gasteiger partial charge >= 0.3 is 31.7 Å². The lowest BCUT2D eigenvalue weighted by Gasteiger charge is -2.46. The summed E-state index contributed by atoms with van der Waals surface area (Å²) in [7, 11) is -5.35. The fourth-order valence-electron chi connectivity index (χ4n) is 16.7. The Balaban J connectivity index is 2.76. The first kappa shape index (κ1) is 115. The van der Waals surface area contributed by atoms with Gasteiger partial charge in [0.15, 0.2) is 24.8 Å². The van der Waals surface area contributed by atoms with Crippen LogP contribution in [0.5, 0.6) is 0 Å². The topological polar surface area (TPSA) is 374 Å². The summed E-state index contributed by atoms with van der Waals surface area (Å²) >= 11 is 0. The van der Waals surface area contributed by atoms with Gasteiger partial charge in [0.1, 0.15) is 48.7 Å². The number of phosphoric ester groups is 1. The predicted molar refractivity (Wildman–Crippen MR) is 482 cm³/mol. The molecule has 2 amide bonds. The number of ether oxygens (including phenoxy) is 7. The van der Waals surface area contributed by atoms with Gasteiger partial charge in [0.2, 0.25) is 11.8 Å². The molecule has 0 bridgehead atoms. The Morgan fingerprint density at radius 3 is 1.05 bits per heavy atom. The van der Waals surface area contributed by atoms with Gasteiger partial charge in [-0.2, -0.15) is 0 Å². The van der Waals surface area contributed by atoms with E-state index in [2.05, 4.69) is 56.8 Å². The average Bonchev–Trinajstić information content (AvgIpc) is 0.777. The number of nitrogens with one attached hydrogen (secondary N) is 2. The Morgan fingerprint density at radius 1 is 0.369 bits per heavy atom. The van der Waals surface area contributed by atoms with E-state index in [1.165, 1.54) is 148 Å². The lowest BCUT2D eigenvalue weighted by atomic mass is 9.95. The van der Waals surface area contributed by atoms with Crippen molar-refractivity contribution in [3.63, 3.8) is 0 Å². The second kappa shape index (κ2) is 77.5. The van der Waals surface area contributed by atoms with E-state index in [9.17, 15) is 54.2 Å². The Hall–Kier alpha value is -3.43. The molecule has 718 valence electrons. The van der Waals surface area contributed by atoms with Crippen molar-refractivity contribution < 1.29 is 106 Å². The smallest absolute Gasteiger partial charge is 0.462 e. The maximum absolute atomic E-state index is 15.2. The largest absolute Gasteiger partial charge is 0.489 e. The van der Waals surface area contributed by atoms with Crippen LogP contribution in [0.1, 0.15) is 478 Å². The Bertz CT molecular complexity index is 2580. The molecule has 2 aliphatic rings. The van der Waals surface area contributed by atoms with Gasteiger partial charge in [0, 0.05) is 12.8 Å². The van der Waals surface area contributed by atoms with Crippen molar-refractivity contribution in [3.05, 3.63) is 0 Å². The highest BCUT2D eigenvalue weighted by atomic mass is 31.2. The van der Waals surface area contributed by atoms with Crippen LogP contribution < -0.4 is 16.5 Å². The molecular weight excluding hydrogens is 1580 g/mol. The molecule has 2 saturated heterocycles. The van der Waals surface area contributed by atoms with E-state index in [1.54, 1.807) is 0 Å². The van der Waals surface area contributed by atoms with Crippen LogP contribution in [0.15, 0.2) is 0 Å². The van der Waals surface area contributed by atoms with Crippen molar-refractivity contribution in [2.45, 2.75) is 564 Å². The molecule has 25 nitrogen and oxygen atoms in total. The number of phosphoric acid groups is 1. The van der Waals surface area contributed by atoms with Gasteiger partial charge in [-0.1, -0.05) is 388 Å². The highest BCUT2D eigenvalue weighted by Gasteiger charge is 2.54. The van der Waals surface area contributed by atoms with Crippen LogP contribution in [0.3, 0.4) is 0 Å². The zero-order chi connectivity index (χ0) is 89.3. The fraction of sp³-hybridized carbons (Fsp3) is 0.938. The lowest BCUT2D eigenvalue weighted by Crippen LogP contribution is -2.68. The minimum atomic E-state index is -5.35. The second-order valence-corrected chi connectivity index (χ2v) is 37.1. The van der Waals surface area contributed by atoms with Crippen LogP contribution in [0.25, 0.3) is 0 Å². The molecular formula is C96H182N3O22P. The molecule has 0 aromatic carbocycles. The first-order chi connectivity index (χ1) is 59.2. The Labute approximate surface area is 739 Å². The number of aliphatic hydroxyl groups excluding tert-OH is 5. The fourth-order valence-corrected chi connectivity index (χ4v) is 17.4. The third-order valence-corrected chi connectivity index (χ3v) is 25.0. The first-order valence-electron chi connectivity index (χ1n) is 50.2. The van der Waals surface area contributed by atoms with Gasteiger partial charge in [0.05, 0.1) is 51.1 Å². The SMILES string of the molecule is CCCCCCCCCCCCCC(=O)O[C@H](CCCCCCCCCCC)CC(=O)NC1[C@H](OCC2O[C@H](O)C(NC(=O)C[C@H](O)CCCCCCCCCCC)[C@@H](OC(=O)C[C@H](O)CCCCCCCCCCC)[C@@H]2O)OC(CO)[C@@H](OP(=O)(O)ON)[C@@H]1OC(=O)C[C@@H](CCCCCCCCCCC)OC(=O)CCCCCCCCCCCCC. The number of carbonyl (C=O) groups is 6. The summed E-state index contributed by atoms with van der Waals surface area (Å²) in [5, 5.41) is 63.5. The van der Waals surface area contributed by atoms with Crippen LogP contribution >= 0.6 is 7.82 Å². The van der Waals surface area contributed by atoms with Crippen molar-refractivity contribution >= 4 is 43.5 Å². The summed E-state index contributed by atoms with van der Waals surface area (Å²) in [6.45, 7) is 11.3. The van der Waals surface area contributed by atoms with E-state index in [4.69, 9.17) is 43.6 Å². The molecule has 0 aromatic heterocycles. The molecule has 26 heteroatoms. The number of aliphatic hydroxyl groups is 5. The summed E-state index contributed by atoms with van der Waals surface area (Å²) < 4.78 is 67.2. The summed E-state index contributed by atoms with van der Waals surface area (Å²) in [6, 6.07) is -3.45. The van der Waals surface area contributed by atoms with Crippen LogP contribution in [-0.2, 0) is 75.6 Å². The quantitative estimate of drug-likeness (QED) is 0.00898. The van der Waals surface area contributed by atoms with Gasteiger partial charge in [0.25, 0.3) is 0 Å². The number of unbranched alkanes of at least 4 members (excludes halogenated alkanes) is 52. The first-order valence-corrected chi connectivity index (χ1v) is 51.7. The van der Waals surface area contributed by atoms with Gasteiger partial charge in [-0.25, -0.2) is 15.1 Å². The van der Waals surface area contributed by atoms with E-state index in [0.717, 1.165) is 186 Å². The number of esters is 4. The van der Waals surface area contributed by atoms with Crippen LogP contribution in [0, 0.1) is 0 Å². The van der Waals surface area contributed by atoms with Crippen LogP contribution in [-0.4, -0.2) is 165 Å². The monoisotopic (exact) mass is 1760 g/mol. The summed E-state index contributed by atoms with van der Waals surface area (Å²) in [6.07, 6.45) is 40.9. The highest BCUT2D eigenvalue weighted by molar-refractivity contribution is 7.47. The number of amides is 2. The van der Waals surface area contributed by atoms with Gasteiger partial charge in [-0.15, -0.1) is 0 Å². The molecule has 122 heavy (non-hydrogen) atoms. The minimum absolute atomic E-state index is 0.113. The molecule has 0 radical (unpaired) electrons. The molecule has 0 aromatic rings. The molecule has 0 spiro atoms. The van der Waals surface area contributed by atoms with E-state index in [0.29, 0.717) is 51.4 Å². The van der Waals surface area contributed by atoms with Crippen LogP contribution in [0.2, 0.25) is 0 Å². The molecule has 2 aliphatic heterocycles. The molecule has 0 aliphatic carbocycles. The molecule has 0 saturated carbocycles. The van der Waals surface area contributed by atoms with E-state index < -0.39 is 168 Å². The number of hydrogen-bond donors (Lipinski definition) is 9. The number of hydrogen-bond acceptors (Lipinski definition) is 22. The molecule has 2 fully saturated rings. The van der Waals surface area contributed by atoms with Crippen molar-refractivity contribution in [3.8, 4) is 0 Å². The van der Waals surface area contributed by atoms with E-state index >= 15 is 9.59 Å². The third-order valence-electron chi connectivity index (χ3n) is 24.3. The number of nitrogens with two attached hydrogens (primary N) is 1. The van der Waals surface area contributed by atoms with Gasteiger partial charge in [-0.3, -0.25) is 33.3 Å². The van der Waals surface area contributed by atoms with E-state index in [-0.39, 0.29) is 25.7 Å². The van der Waals surface area contributed by atoms with Gasteiger partial charge < -0.3 is 74.2 Å². The maximum Gasteiger partial charge on any atom is 0.489 e. The lowest BCUT2D eigenvalue weighted by molar-refractivity contribution is -0.299. The number of rotatable bonds is 85. The molecule has 15 atom stereocenters. The molecule has 10 N–H and O–H groups in total. The minimum Gasteiger partial charge on any atom is -0.462 e. The van der Waals surface area contributed by atoms with Gasteiger partial charge in [-0.05, 0) is 51.4 Å². The normalized spacial score (nSPS) is 20.7. The predicted octanol–water partition coefficient (Wildman–Crippen LogP) is 21.2. The summed E-state index contributed by atoms with van der Waals surface area (Å²) in [5.41, 5.74) is 0. The molecule has 5 unspecified atom stereocenters. The summed E-state index contributed by atoms with van der Waals surface area (Å²) in [4.78, 5) is 97.0. The highest BCUT2D eigenvalue weighted by Crippen LogP contribution is 2.46. The maximum atomic E-state index is 15.2. The standard InChI is InChI=1S/C96H182N3O22P/c1-7-13-19-25-31-37-39-45-51-57-63-69-85(105)114-79(67-61-55-49-43-35-29-23-17-11-5)73-84(104)99-90-94(119-88(108)74-80(68-62-56-50-44-36-30-24-18-12-6)115-86(106)70-64-58-52-46-40-38-32-26-20-14-8-2)92(120-122(111,112)121-97)81(75-100)117-96(90)113-76-82-91(109)93(118-87(107)72-78(102)66-60-54-48-42-34-28-22-16-10-4)89(95(110)116-82)98-83(103)71-77(101)65-59-53-47-41-33-27-21-15-9-3/h77-82,89-96,100-102,109-110H,7-76,97H2,1-6H3,(H,98,103)(H,99,104)(H,111,112)/t77-,78-,79-,80-,81?,82?,89?,90?,91-,92-,93-,94-,95+,96-/m1/s1. The third kappa shape index (κ3) is 59.6. The van der Waals surface area contributed by atoms with Crippen molar-refractivity contribution in [2.24, 2.45) is 5.90 Å². The Morgan fingerprint density at radius 2 is 0.680 bits per heavy atom. The zero-order valence-electron chi connectivity index (χ0n) is 77.8. The molecule has 2 rings (SSSR count). The Kier molecular flexibility index (Phi) is 72.8. The molecule has 2 heterocycles. The van der Waals surface area contributed by atoms with Crippen molar-refractivity contribution in [1.82, 2.24) is 10.6 Å². The van der Waals surface area contributed by atoms with Crippen LogP contribution in [0.4, 0.5) is 0 Å². The summed E-state index contributed by atoms with van der Waals surface area (Å²) in [5.74, 6) is 0.858. The van der Waals surface area contributed by atoms with Crippen molar-refractivity contribution in [2.75, 3.05) is 13.2 Å². The zero-order valence-corrected chi connectivity index (χ0v) is 78.7.